The van der Waals surface area contributed by atoms with E-state index in [2.05, 4.69) is 47.8 Å². The first-order valence-electron chi connectivity index (χ1n) is 6.60. The lowest BCUT2D eigenvalue weighted by Gasteiger charge is -2.18. The van der Waals surface area contributed by atoms with Gasteiger partial charge in [0.25, 0.3) is 0 Å². The third-order valence-corrected chi connectivity index (χ3v) is 3.36. The molecule has 4 heteroatoms. The first-order valence-corrected chi connectivity index (χ1v) is 6.98. The van der Waals surface area contributed by atoms with Gasteiger partial charge in [-0.1, -0.05) is 37.6 Å². The van der Waals surface area contributed by atoms with E-state index < -0.39 is 0 Å². The van der Waals surface area contributed by atoms with Crippen molar-refractivity contribution < 1.29 is 0 Å². The van der Waals surface area contributed by atoms with Crippen molar-refractivity contribution >= 4 is 17.5 Å². The van der Waals surface area contributed by atoms with Gasteiger partial charge in [-0.15, -0.1) is 0 Å². The van der Waals surface area contributed by atoms with Crippen LogP contribution in [0.4, 0.5) is 5.95 Å². The average molecular weight is 278 g/mol. The Balaban J connectivity index is 2.17. The van der Waals surface area contributed by atoms with Gasteiger partial charge in [-0.05, 0) is 30.5 Å². The van der Waals surface area contributed by atoms with Crippen LogP contribution >= 0.6 is 11.6 Å². The Bertz CT molecular complexity index is 516. The van der Waals surface area contributed by atoms with Gasteiger partial charge in [0.15, 0.2) is 0 Å². The molecule has 1 unspecified atom stereocenters. The van der Waals surface area contributed by atoms with Gasteiger partial charge in [0.1, 0.15) is 0 Å². The second-order valence-corrected chi connectivity index (χ2v) is 5.60. The fourth-order valence-corrected chi connectivity index (χ4v) is 2.09. The molecule has 0 bridgehead atoms. The summed E-state index contributed by atoms with van der Waals surface area (Å²) >= 11 is 5.93. The summed E-state index contributed by atoms with van der Waals surface area (Å²) in [5.74, 6) is 1.51. The fraction of sp³-hybridized carbons (Fsp3) is 0.400. The molecule has 1 N–H and O–H groups in total. The van der Waals surface area contributed by atoms with Crippen LogP contribution < -0.4 is 5.32 Å². The van der Waals surface area contributed by atoms with Crippen molar-refractivity contribution in [2.24, 2.45) is 5.92 Å². The van der Waals surface area contributed by atoms with E-state index >= 15 is 0 Å². The van der Waals surface area contributed by atoms with Crippen molar-refractivity contribution in [2.45, 2.75) is 26.8 Å². The molecule has 0 saturated carbocycles. The topological polar surface area (TPSA) is 29.9 Å². The first-order chi connectivity index (χ1) is 9.08. The molecule has 19 heavy (non-hydrogen) atoms. The van der Waals surface area contributed by atoms with Gasteiger partial charge < -0.3 is 9.88 Å². The normalized spacial score (nSPS) is 12.7. The molecular weight excluding hydrogens is 258 g/mol. The van der Waals surface area contributed by atoms with Crippen molar-refractivity contribution in [1.82, 2.24) is 9.55 Å². The van der Waals surface area contributed by atoms with Crippen LogP contribution in [0.25, 0.3) is 0 Å². The number of nitrogens with zero attached hydrogens (tertiary/aromatic N) is 2. The minimum atomic E-state index is 0.231. The van der Waals surface area contributed by atoms with E-state index in [0.717, 1.165) is 17.5 Å². The van der Waals surface area contributed by atoms with E-state index in [4.69, 9.17) is 11.6 Å². The van der Waals surface area contributed by atoms with Crippen LogP contribution in [0.2, 0.25) is 5.02 Å². The molecular formula is C15H20ClN3. The lowest BCUT2D eigenvalue weighted by atomic mass is 10.1. The maximum absolute atomic E-state index is 5.93. The van der Waals surface area contributed by atoms with Gasteiger partial charge in [0.2, 0.25) is 5.95 Å². The van der Waals surface area contributed by atoms with Crippen molar-refractivity contribution in [1.29, 1.82) is 0 Å². The van der Waals surface area contributed by atoms with Crippen LogP contribution in [0.3, 0.4) is 0 Å². The molecule has 102 valence electrons. The molecule has 0 aliphatic heterocycles. The highest BCUT2D eigenvalue weighted by atomic mass is 35.5. The zero-order chi connectivity index (χ0) is 13.8. The Labute approximate surface area is 119 Å². The Morgan fingerprint density at radius 2 is 1.89 bits per heavy atom. The van der Waals surface area contributed by atoms with Crippen molar-refractivity contribution in [3.05, 3.63) is 47.2 Å². The summed E-state index contributed by atoms with van der Waals surface area (Å²) in [4.78, 5) is 4.38. The molecule has 2 rings (SSSR count). The summed E-state index contributed by atoms with van der Waals surface area (Å²) in [5.41, 5.74) is 1.22. The molecule has 0 aliphatic rings. The summed E-state index contributed by atoms with van der Waals surface area (Å²) in [6.07, 6.45) is 3.83. The smallest absolute Gasteiger partial charge is 0.203 e. The van der Waals surface area contributed by atoms with Gasteiger partial charge in [0.05, 0.1) is 6.04 Å². The number of anilines is 1. The molecule has 1 atom stereocenters. The molecule has 1 aromatic heterocycles. The molecule has 0 aliphatic carbocycles. The Kier molecular flexibility index (Phi) is 4.48. The predicted octanol–water partition coefficient (Wildman–Crippen LogP) is 4.21. The second kappa shape index (κ2) is 6.11. The maximum Gasteiger partial charge on any atom is 0.203 e. The van der Waals surface area contributed by atoms with Crippen molar-refractivity contribution in [3.63, 3.8) is 0 Å². The fourth-order valence-electron chi connectivity index (χ4n) is 1.96. The van der Waals surface area contributed by atoms with Gasteiger partial charge in [-0.2, -0.15) is 0 Å². The monoisotopic (exact) mass is 277 g/mol. The van der Waals surface area contributed by atoms with Crippen LogP contribution in [0.15, 0.2) is 36.7 Å². The molecule has 1 heterocycles. The largest absolute Gasteiger partial charge is 0.355 e. The Hall–Kier alpha value is -1.48. The molecule has 2 aromatic rings. The molecule has 0 fully saturated rings. The van der Waals surface area contributed by atoms with Gasteiger partial charge in [-0.3, -0.25) is 0 Å². The number of hydrogen-bond donors (Lipinski definition) is 1. The summed E-state index contributed by atoms with van der Waals surface area (Å²) in [6, 6.07) is 8.18. The van der Waals surface area contributed by atoms with Crippen LogP contribution in [-0.4, -0.2) is 16.1 Å². The molecule has 1 aromatic carbocycles. The highest BCUT2D eigenvalue weighted by Crippen LogP contribution is 2.23. The molecule has 0 radical (unpaired) electrons. The van der Waals surface area contributed by atoms with Crippen molar-refractivity contribution in [3.8, 4) is 0 Å². The average Bonchev–Trinajstić information content (AvgIpc) is 2.84. The summed E-state index contributed by atoms with van der Waals surface area (Å²) < 4.78 is 2.14. The van der Waals surface area contributed by atoms with Gasteiger partial charge in [-0.25, -0.2) is 4.98 Å². The summed E-state index contributed by atoms with van der Waals surface area (Å²) in [5, 5.41) is 4.14. The standard InChI is InChI=1S/C15H20ClN3/c1-11(2)10-18-15-17-8-9-19(15)12(3)13-4-6-14(16)7-5-13/h4-9,11-12H,10H2,1-3H3,(H,17,18). The Morgan fingerprint density at radius 3 is 2.53 bits per heavy atom. The van der Waals surface area contributed by atoms with Crippen LogP contribution in [0.1, 0.15) is 32.4 Å². The van der Waals surface area contributed by atoms with E-state index in [9.17, 15) is 0 Å². The van der Waals surface area contributed by atoms with E-state index in [0.29, 0.717) is 5.92 Å². The minimum Gasteiger partial charge on any atom is -0.355 e. The SMILES string of the molecule is CC(C)CNc1nccn1C(C)c1ccc(Cl)cc1. The zero-order valence-electron chi connectivity index (χ0n) is 11.6. The highest BCUT2D eigenvalue weighted by Gasteiger charge is 2.12. The lowest BCUT2D eigenvalue weighted by Crippen LogP contribution is -2.15. The van der Waals surface area contributed by atoms with E-state index in [-0.39, 0.29) is 6.04 Å². The third kappa shape index (κ3) is 3.51. The van der Waals surface area contributed by atoms with Crippen LogP contribution in [0, 0.1) is 5.92 Å². The molecule has 0 spiro atoms. The molecule has 3 nitrogen and oxygen atoms in total. The highest BCUT2D eigenvalue weighted by molar-refractivity contribution is 6.30. The number of hydrogen-bond acceptors (Lipinski definition) is 2. The quantitative estimate of drug-likeness (QED) is 0.887. The second-order valence-electron chi connectivity index (χ2n) is 5.16. The van der Waals surface area contributed by atoms with E-state index in [1.54, 1.807) is 0 Å². The van der Waals surface area contributed by atoms with Gasteiger partial charge in [0, 0.05) is 24.0 Å². The molecule has 0 saturated heterocycles. The van der Waals surface area contributed by atoms with Crippen LogP contribution in [0.5, 0.6) is 0 Å². The first kappa shape index (κ1) is 13.9. The number of nitrogens with one attached hydrogen (secondary N) is 1. The Morgan fingerprint density at radius 1 is 1.21 bits per heavy atom. The number of aromatic nitrogens is 2. The summed E-state index contributed by atoms with van der Waals surface area (Å²) in [7, 11) is 0. The van der Waals surface area contributed by atoms with Crippen LogP contribution in [-0.2, 0) is 0 Å². The number of rotatable bonds is 5. The van der Waals surface area contributed by atoms with Crippen molar-refractivity contribution in [2.75, 3.05) is 11.9 Å². The van der Waals surface area contributed by atoms with Gasteiger partial charge >= 0.3 is 0 Å². The number of imidazole rings is 1. The minimum absolute atomic E-state index is 0.231. The van der Waals surface area contributed by atoms with E-state index in [1.165, 1.54) is 5.56 Å². The third-order valence-electron chi connectivity index (χ3n) is 3.11. The predicted molar refractivity (Wildman–Crippen MR) is 80.8 cm³/mol. The molecule has 0 amide bonds. The zero-order valence-corrected chi connectivity index (χ0v) is 12.4. The number of benzene rings is 1. The lowest BCUT2D eigenvalue weighted by molar-refractivity contribution is 0.628. The van der Waals surface area contributed by atoms with E-state index in [1.807, 2.05) is 24.5 Å². The summed E-state index contributed by atoms with van der Waals surface area (Å²) in [6.45, 7) is 7.45. The number of halogens is 1. The maximum atomic E-state index is 5.93.